The normalized spacial score (nSPS) is 9.83. The van der Waals surface area contributed by atoms with Gasteiger partial charge in [0.25, 0.3) is 5.56 Å². The summed E-state index contributed by atoms with van der Waals surface area (Å²) in [5.74, 6) is 0. The number of urea groups is 1. The van der Waals surface area contributed by atoms with Crippen LogP contribution in [-0.4, -0.2) is 28.8 Å². The largest absolute Gasteiger partial charge is 0.373 e. The van der Waals surface area contributed by atoms with Crippen molar-refractivity contribution in [2.75, 3.05) is 12.1 Å². The van der Waals surface area contributed by atoms with E-state index in [-0.39, 0.29) is 0 Å². The third kappa shape index (κ3) is 1.90. The monoisotopic (exact) mass is 244 g/mol. The first-order valence-corrected chi connectivity index (χ1v) is 4.98. The van der Waals surface area contributed by atoms with Gasteiger partial charge in [0.05, 0.1) is 17.2 Å². The van der Waals surface area contributed by atoms with Crippen LogP contribution in [0.4, 0.5) is 4.79 Å². The summed E-state index contributed by atoms with van der Waals surface area (Å²) < 4.78 is 1.09. The van der Waals surface area contributed by atoms with Gasteiger partial charge in [0, 0.05) is 7.05 Å². The van der Waals surface area contributed by atoms with Gasteiger partial charge in [-0.1, -0.05) is 12.1 Å². The molecule has 0 saturated heterocycles. The van der Waals surface area contributed by atoms with Crippen LogP contribution in [0, 0.1) is 0 Å². The van der Waals surface area contributed by atoms with Gasteiger partial charge in [-0.15, -0.1) is 4.99 Å². The minimum absolute atomic E-state index is 0.446. The number of carbonyl (C=O) groups excluding carboxylic acids is 2. The molecular formula is C11H8N4O3. The van der Waals surface area contributed by atoms with Crippen molar-refractivity contribution in [2.24, 2.45) is 4.99 Å². The van der Waals surface area contributed by atoms with Gasteiger partial charge in [-0.3, -0.25) is 4.79 Å². The van der Waals surface area contributed by atoms with Crippen LogP contribution in [0.25, 0.3) is 11.0 Å². The van der Waals surface area contributed by atoms with Crippen molar-refractivity contribution in [3.63, 3.8) is 0 Å². The topological polar surface area (TPSA) is 84.6 Å². The Kier molecular flexibility index (Phi) is 2.99. The fourth-order valence-electron chi connectivity index (χ4n) is 1.56. The Hall–Kier alpha value is -2.79. The molecule has 18 heavy (non-hydrogen) atoms. The standard InChI is InChI=1S/C11H8N4O3/c1-14(11(18)13-7-16)15-9-5-3-2-4-8(9)12-6-10(15)17/h2-6H,1H3. The van der Waals surface area contributed by atoms with E-state index >= 15 is 0 Å². The van der Waals surface area contributed by atoms with Crippen molar-refractivity contribution in [3.05, 3.63) is 40.8 Å². The van der Waals surface area contributed by atoms with Gasteiger partial charge in [0.1, 0.15) is 0 Å². The molecular weight excluding hydrogens is 236 g/mol. The quantitative estimate of drug-likeness (QED) is 0.537. The highest BCUT2D eigenvalue weighted by Gasteiger charge is 2.13. The van der Waals surface area contributed by atoms with Crippen LogP contribution < -0.4 is 10.6 Å². The minimum atomic E-state index is -0.886. The third-order valence-electron chi connectivity index (χ3n) is 2.35. The first-order valence-electron chi connectivity index (χ1n) is 4.98. The van der Waals surface area contributed by atoms with Crippen LogP contribution in [-0.2, 0) is 4.79 Å². The SMILES string of the molecule is CN(C(=O)N=C=O)n1c(=O)cnc2ccccc21. The number of para-hydroxylation sites is 2. The molecule has 0 aliphatic rings. The molecule has 7 heteroatoms. The maximum atomic E-state index is 11.7. The summed E-state index contributed by atoms with van der Waals surface area (Å²) in [5.41, 5.74) is 0.499. The minimum Gasteiger partial charge on any atom is -0.266 e. The Morgan fingerprint density at radius 3 is 2.89 bits per heavy atom. The average Bonchev–Trinajstić information content (AvgIpc) is 2.38. The van der Waals surface area contributed by atoms with E-state index in [0.717, 1.165) is 22.0 Å². The molecule has 90 valence electrons. The van der Waals surface area contributed by atoms with Crippen molar-refractivity contribution in [3.8, 4) is 0 Å². The van der Waals surface area contributed by atoms with Crippen LogP contribution >= 0.6 is 0 Å². The van der Waals surface area contributed by atoms with Crippen molar-refractivity contribution in [1.82, 2.24) is 9.66 Å². The zero-order valence-corrected chi connectivity index (χ0v) is 9.40. The van der Waals surface area contributed by atoms with Crippen LogP contribution in [0.1, 0.15) is 0 Å². The summed E-state index contributed by atoms with van der Waals surface area (Å²) in [4.78, 5) is 40.2. The molecule has 7 nitrogen and oxygen atoms in total. The van der Waals surface area contributed by atoms with Gasteiger partial charge < -0.3 is 0 Å². The second-order valence-corrected chi connectivity index (χ2v) is 3.41. The number of rotatable bonds is 1. The smallest absolute Gasteiger partial charge is 0.266 e. The van der Waals surface area contributed by atoms with Crippen LogP contribution in [0.5, 0.6) is 0 Å². The number of benzene rings is 1. The summed E-state index contributed by atoms with van der Waals surface area (Å²) >= 11 is 0. The number of isocyanates is 1. The Morgan fingerprint density at radius 1 is 1.44 bits per heavy atom. The third-order valence-corrected chi connectivity index (χ3v) is 2.35. The highest BCUT2D eigenvalue weighted by molar-refractivity contribution is 5.89. The summed E-state index contributed by atoms with van der Waals surface area (Å²) in [6.45, 7) is 0. The van der Waals surface area contributed by atoms with Crippen molar-refractivity contribution in [2.45, 2.75) is 0 Å². The summed E-state index contributed by atoms with van der Waals surface area (Å²) in [6.07, 6.45) is 2.23. The summed E-state index contributed by atoms with van der Waals surface area (Å²) in [7, 11) is 1.33. The number of nitrogens with zero attached hydrogens (tertiary/aromatic N) is 4. The highest BCUT2D eigenvalue weighted by atomic mass is 16.2. The fourth-order valence-corrected chi connectivity index (χ4v) is 1.56. The maximum absolute atomic E-state index is 11.7. The van der Waals surface area contributed by atoms with E-state index in [4.69, 9.17) is 0 Å². The second-order valence-electron chi connectivity index (χ2n) is 3.41. The molecule has 0 radical (unpaired) electrons. The Labute approximate surface area is 101 Å². The maximum Gasteiger partial charge on any atom is 0.373 e. The summed E-state index contributed by atoms with van der Waals surface area (Å²) in [5, 5.41) is 0.928. The number of amides is 2. The van der Waals surface area contributed by atoms with E-state index in [1.54, 1.807) is 24.3 Å². The molecule has 2 rings (SSSR count). The Bertz CT molecular complexity index is 716. The van der Waals surface area contributed by atoms with Gasteiger partial charge in [0.2, 0.25) is 6.08 Å². The van der Waals surface area contributed by atoms with E-state index in [9.17, 15) is 14.4 Å². The number of fused-ring (bicyclic) bond motifs is 1. The van der Waals surface area contributed by atoms with Crippen LogP contribution in [0.2, 0.25) is 0 Å². The van der Waals surface area contributed by atoms with E-state index in [1.807, 2.05) is 0 Å². The number of aromatic nitrogens is 2. The fraction of sp³-hybridized carbons (Fsp3) is 0.0909. The zero-order chi connectivity index (χ0) is 13.1. The molecule has 0 unspecified atom stereocenters. The predicted molar refractivity (Wildman–Crippen MR) is 63.7 cm³/mol. The molecule has 2 amide bonds. The predicted octanol–water partition coefficient (Wildman–Crippen LogP) is 0.420. The Balaban J connectivity index is 2.69. The lowest BCUT2D eigenvalue weighted by Gasteiger charge is -2.17. The van der Waals surface area contributed by atoms with Gasteiger partial charge in [-0.05, 0) is 12.1 Å². The van der Waals surface area contributed by atoms with Gasteiger partial charge in [-0.25, -0.2) is 24.3 Å². The van der Waals surface area contributed by atoms with Crippen molar-refractivity contribution < 1.29 is 9.59 Å². The lowest BCUT2D eigenvalue weighted by Crippen LogP contribution is -2.42. The molecule has 2 aromatic rings. The average molecular weight is 244 g/mol. The zero-order valence-electron chi connectivity index (χ0n) is 9.40. The lowest BCUT2D eigenvalue weighted by atomic mass is 10.3. The Morgan fingerprint density at radius 2 is 2.17 bits per heavy atom. The molecule has 1 aromatic heterocycles. The summed E-state index contributed by atoms with van der Waals surface area (Å²) in [6, 6.07) is 5.92. The van der Waals surface area contributed by atoms with E-state index in [1.165, 1.54) is 7.05 Å². The van der Waals surface area contributed by atoms with E-state index in [2.05, 4.69) is 9.98 Å². The molecule has 0 saturated carbocycles. The number of hydrogen-bond acceptors (Lipinski definition) is 4. The second kappa shape index (κ2) is 4.60. The van der Waals surface area contributed by atoms with Crippen LogP contribution in [0.3, 0.4) is 0 Å². The van der Waals surface area contributed by atoms with Crippen molar-refractivity contribution in [1.29, 1.82) is 0 Å². The first-order chi connectivity index (χ1) is 8.65. The first kappa shape index (κ1) is 11.7. The van der Waals surface area contributed by atoms with Gasteiger partial charge in [0.15, 0.2) is 0 Å². The molecule has 0 aliphatic carbocycles. The molecule has 0 N–H and O–H groups in total. The molecule has 0 aliphatic heterocycles. The van der Waals surface area contributed by atoms with Crippen LogP contribution in [0.15, 0.2) is 40.2 Å². The number of carbonyl (C=O) groups is 1. The van der Waals surface area contributed by atoms with E-state index < -0.39 is 11.6 Å². The highest BCUT2D eigenvalue weighted by Crippen LogP contribution is 2.08. The number of aliphatic imine (C=N–C) groups is 1. The molecule has 0 spiro atoms. The molecule has 0 fully saturated rings. The van der Waals surface area contributed by atoms with Gasteiger partial charge in [-0.2, -0.15) is 0 Å². The molecule has 1 heterocycles. The molecule has 1 aromatic carbocycles. The molecule has 0 atom stereocenters. The van der Waals surface area contributed by atoms with Crippen molar-refractivity contribution >= 4 is 23.1 Å². The van der Waals surface area contributed by atoms with Gasteiger partial charge >= 0.3 is 6.03 Å². The van der Waals surface area contributed by atoms with E-state index in [0.29, 0.717) is 11.0 Å². The molecule has 0 bridgehead atoms. The lowest BCUT2D eigenvalue weighted by molar-refractivity contribution is 0.250. The number of hydrogen-bond donors (Lipinski definition) is 0.